The first kappa shape index (κ1) is 14.5. The fourth-order valence-corrected chi connectivity index (χ4v) is 2.48. The number of aryl methyl sites for hydroxylation is 1. The monoisotopic (exact) mass is 275 g/mol. The molecule has 5 heteroatoms. The van der Waals surface area contributed by atoms with Crippen molar-refractivity contribution in [3.8, 4) is 0 Å². The van der Waals surface area contributed by atoms with E-state index in [0.717, 1.165) is 16.7 Å². The number of carbonyl (C=O) groups is 2. The summed E-state index contributed by atoms with van der Waals surface area (Å²) in [5, 5.41) is 4.95. The number of amides is 3. The molecule has 1 heterocycles. The molecule has 4 N–H and O–H groups in total. The molecule has 0 saturated carbocycles. The summed E-state index contributed by atoms with van der Waals surface area (Å²) in [6.45, 7) is 8.24. The Bertz CT molecular complexity index is 575. The molecule has 108 valence electrons. The molecule has 20 heavy (non-hydrogen) atoms. The lowest BCUT2D eigenvalue weighted by Crippen LogP contribution is -2.50. The number of carbonyl (C=O) groups excluding carboxylic acids is 2. The van der Waals surface area contributed by atoms with E-state index in [2.05, 4.69) is 31.4 Å². The maximum Gasteiger partial charge on any atom is 0.322 e. The van der Waals surface area contributed by atoms with Crippen molar-refractivity contribution in [3.05, 3.63) is 34.9 Å². The van der Waals surface area contributed by atoms with E-state index in [9.17, 15) is 9.59 Å². The van der Waals surface area contributed by atoms with Gasteiger partial charge in [0.15, 0.2) is 5.54 Å². The Kier molecular flexibility index (Phi) is 3.34. The van der Waals surface area contributed by atoms with Crippen LogP contribution in [0.1, 0.15) is 37.5 Å². The second kappa shape index (κ2) is 4.59. The number of hydrogen-bond donors (Lipinski definition) is 3. The van der Waals surface area contributed by atoms with Crippen LogP contribution in [0.3, 0.4) is 0 Å². The quantitative estimate of drug-likeness (QED) is 0.711. The second-order valence-corrected chi connectivity index (χ2v) is 6.30. The van der Waals surface area contributed by atoms with Crippen molar-refractivity contribution in [1.29, 1.82) is 0 Å². The highest BCUT2D eigenvalue weighted by Gasteiger charge is 2.47. The minimum atomic E-state index is -1.16. The van der Waals surface area contributed by atoms with E-state index in [0.29, 0.717) is 0 Å². The lowest BCUT2D eigenvalue weighted by atomic mass is 9.80. The van der Waals surface area contributed by atoms with Crippen LogP contribution in [0.5, 0.6) is 0 Å². The molecule has 0 bridgehead atoms. The predicted octanol–water partition coefficient (Wildman–Crippen LogP) is 1.29. The van der Waals surface area contributed by atoms with E-state index < -0.39 is 11.6 Å². The third-order valence-corrected chi connectivity index (χ3v) is 3.81. The average molecular weight is 275 g/mol. The first-order valence-electron chi connectivity index (χ1n) is 6.66. The van der Waals surface area contributed by atoms with Crippen molar-refractivity contribution >= 4 is 11.9 Å². The first-order valence-corrected chi connectivity index (χ1v) is 6.66. The maximum atomic E-state index is 12.2. The van der Waals surface area contributed by atoms with Crippen LogP contribution in [-0.2, 0) is 15.7 Å². The molecular weight excluding hydrogens is 254 g/mol. The van der Waals surface area contributed by atoms with E-state index in [1.165, 1.54) is 0 Å². The third kappa shape index (κ3) is 2.18. The zero-order valence-corrected chi connectivity index (χ0v) is 12.3. The normalized spacial score (nSPS) is 22.6. The maximum absolute atomic E-state index is 12.2. The van der Waals surface area contributed by atoms with Crippen LogP contribution in [-0.4, -0.2) is 18.5 Å². The van der Waals surface area contributed by atoms with Crippen LogP contribution >= 0.6 is 0 Å². The van der Waals surface area contributed by atoms with Crippen molar-refractivity contribution < 1.29 is 9.59 Å². The van der Waals surface area contributed by atoms with Gasteiger partial charge in [-0.3, -0.25) is 10.1 Å². The molecule has 0 spiro atoms. The average Bonchev–Trinajstić information content (AvgIpc) is 2.64. The molecule has 0 radical (unpaired) electrons. The van der Waals surface area contributed by atoms with Gasteiger partial charge in [0.25, 0.3) is 5.91 Å². The van der Waals surface area contributed by atoms with Crippen LogP contribution in [0.25, 0.3) is 0 Å². The van der Waals surface area contributed by atoms with Crippen LogP contribution in [0.4, 0.5) is 4.79 Å². The van der Waals surface area contributed by atoms with Gasteiger partial charge in [-0.05, 0) is 29.0 Å². The van der Waals surface area contributed by atoms with E-state index in [4.69, 9.17) is 5.73 Å². The lowest BCUT2D eigenvalue weighted by molar-refractivity contribution is -0.124. The van der Waals surface area contributed by atoms with Crippen molar-refractivity contribution in [2.45, 2.75) is 38.6 Å². The smallest absolute Gasteiger partial charge is 0.322 e. The van der Waals surface area contributed by atoms with Crippen LogP contribution in [0.15, 0.2) is 18.2 Å². The summed E-state index contributed by atoms with van der Waals surface area (Å²) >= 11 is 0. The van der Waals surface area contributed by atoms with Gasteiger partial charge in [-0.2, -0.15) is 0 Å². The van der Waals surface area contributed by atoms with Crippen LogP contribution in [0, 0.1) is 6.92 Å². The summed E-state index contributed by atoms with van der Waals surface area (Å²) in [7, 11) is 0. The fourth-order valence-electron chi connectivity index (χ4n) is 2.48. The SMILES string of the molecule is Cc1ccc(C(C)(C)C)cc1C1(CN)NC(=O)NC1=O. The molecule has 1 aliphatic rings. The molecule has 1 fully saturated rings. The highest BCUT2D eigenvalue weighted by atomic mass is 16.2. The summed E-state index contributed by atoms with van der Waals surface area (Å²) < 4.78 is 0. The molecule has 2 rings (SSSR count). The van der Waals surface area contributed by atoms with E-state index in [-0.39, 0.29) is 17.9 Å². The summed E-state index contributed by atoms with van der Waals surface area (Å²) in [5.41, 5.74) is 7.39. The van der Waals surface area contributed by atoms with E-state index >= 15 is 0 Å². The van der Waals surface area contributed by atoms with Gasteiger partial charge < -0.3 is 11.1 Å². The van der Waals surface area contributed by atoms with Gasteiger partial charge in [-0.1, -0.05) is 39.0 Å². The summed E-state index contributed by atoms with van der Waals surface area (Å²) in [6.07, 6.45) is 0. The van der Waals surface area contributed by atoms with Gasteiger partial charge in [0.2, 0.25) is 0 Å². The lowest BCUT2D eigenvalue weighted by Gasteiger charge is -2.29. The van der Waals surface area contributed by atoms with Crippen LogP contribution in [0.2, 0.25) is 0 Å². The van der Waals surface area contributed by atoms with E-state index in [1.807, 2.05) is 25.1 Å². The molecule has 0 aliphatic carbocycles. The molecule has 1 aliphatic heterocycles. The number of imide groups is 1. The van der Waals surface area contributed by atoms with Gasteiger partial charge in [-0.25, -0.2) is 4.79 Å². The number of nitrogens with one attached hydrogen (secondary N) is 2. The zero-order valence-electron chi connectivity index (χ0n) is 12.3. The minimum Gasteiger partial charge on any atom is -0.327 e. The Labute approximate surface area is 118 Å². The molecule has 1 saturated heterocycles. The molecule has 1 atom stereocenters. The first-order chi connectivity index (χ1) is 9.20. The predicted molar refractivity (Wildman–Crippen MR) is 77.3 cm³/mol. The topological polar surface area (TPSA) is 84.2 Å². The second-order valence-electron chi connectivity index (χ2n) is 6.30. The third-order valence-electron chi connectivity index (χ3n) is 3.81. The highest BCUT2D eigenvalue weighted by molar-refractivity contribution is 6.07. The summed E-state index contributed by atoms with van der Waals surface area (Å²) in [5.74, 6) is -0.390. The number of nitrogens with two attached hydrogens (primary N) is 1. The molecule has 1 aromatic rings. The van der Waals surface area contributed by atoms with Crippen molar-refractivity contribution in [2.75, 3.05) is 6.54 Å². The minimum absolute atomic E-state index is 0.0268. The van der Waals surface area contributed by atoms with Gasteiger partial charge in [0.05, 0.1) is 0 Å². The Hall–Kier alpha value is -1.88. The highest BCUT2D eigenvalue weighted by Crippen LogP contribution is 2.31. The van der Waals surface area contributed by atoms with Gasteiger partial charge in [0, 0.05) is 6.54 Å². The van der Waals surface area contributed by atoms with Crippen molar-refractivity contribution in [2.24, 2.45) is 5.73 Å². The fraction of sp³-hybridized carbons (Fsp3) is 0.467. The molecule has 1 aromatic carbocycles. The van der Waals surface area contributed by atoms with Crippen molar-refractivity contribution in [3.63, 3.8) is 0 Å². The zero-order chi connectivity index (χ0) is 15.1. The van der Waals surface area contributed by atoms with E-state index in [1.54, 1.807) is 0 Å². The Morgan fingerprint density at radius 2 is 1.90 bits per heavy atom. The Balaban J connectivity index is 2.61. The molecule has 5 nitrogen and oxygen atoms in total. The Morgan fingerprint density at radius 1 is 1.25 bits per heavy atom. The molecular formula is C15H21N3O2. The van der Waals surface area contributed by atoms with Gasteiger partial charge in [0.1, 0.15) is 0 Å². The summed E-state index contributed by atoms with van der Waals surface area (Å²) in [4.78, 5) is 23.7. The number of rotatable bonds is 2. The van der Waals surface area contributed by atoms with Gasteiger partial charge in [-0.15, -0.1) is 0 Å². The molecule has 1 unspecified atom stereocenters. The largest absolute Gasteiger partial charge is 0.327 e. The number of urea groups is 1. The molecule has 3 amide bonds. The van der Waals surface area contributed by atoms with Gasteiger partial charge >= 0.3 is 6.03 Å². The van der Waals surface area contributed by atoms with Crippen molar-refractivity contribution in [1.82, 2.24) is 10.6 Å². The number of benzene rings is 1. The summed E-state index contributed by atoms with van der Waals surface area (Å²) in [6, 6.07) is 5.47. The standard InChI is InChI=1S/C15H21N3O2/c1-9-5-6-10(14(2,3)4)7-11(9)15(8-16)12(19)17-13(20)18-15/h5-7H,8,16H2,1-4H3,(H2,17,18,19,20). The van der Waals surface area contributed by atoms with Crippen LogP contribution < -0.4 is 16.4 Å². The molecule has 0 aromatic heterocycles. The Morgan fingerprint density at radius 3 is 2.35 bits per heavy atom. The number of hydrogen-bond acceptors (Lipinski definition) is 3.